The van der Waals surface area contributed by atoms with E-state index in [0.29, 0.717) is 24.2 Å². The predicted molar refractivity (Wildman–Crippen MR) is 107 cm³/mol. The van der Waals surface area contributed by atoms with E-state index in [1.54, 1.807) is 34.1 Å². The molecule has 0 unspecified atom stereocenters. The molecule has 29 heavy (non-hydrogen) atoms. The van der Waals surface area contributed by atoms with E-state index in [1.807, 2.05) is 36.5 Å². The van der Waals surface area contributed by atoms with Gasteiger partial charge in [0, 0.05) is 37.3 Å². The van der Waals surface area contributed by atoms with Crippen LogP contribution in [0, 0.1) is 0 Å². The number of hydrogen-bond acceptors (Lipinski definition) is 5. The minimum atomic E-state index is -0.406. The van der Waals surface area contributed by atoms with Crippen molar-refractivity contribution >= 4 is 17.0 Å². The number of H-pyrrole nitrogens is 1. The Labute approximate surface area is 166 Å². The van der Waals surface area contributed by atoms with Gasteiger partial charge in [0.2, 0.25) is 0 Å². The lowest BCUT2D eigenvalue weighted by molar-refractivity contribution is -0.127. The molecule has 144 valence electrons. The van der Waals surface area contributed by atoms with Crippen LogP contribution in [0.2, 0.25) is 0 Å². The number of fused-ring (bicyclic) bond motifs is 2. The Balaban J connectivity index is 1.60. The van der Waals surface area contributed by atoms with Crippen LogP contribution in [0.3, 0.4) is 0 Å². The SMILES string of the molecule is N/C=C(/C(=O)N1CCc2[nH]cnc2[C@H]1c1cc2ccccn2n1)c1ccccn1. The molecule has 0 spiro atoms. The van der Waals surface area contributed by atoms with Crippen LogP contribution in [0.25, 0.3) is 11.1 Å². The third-order valence-electron chi connectivity index (χ3n) is 5.19. The molecule has 0 radical (unpaired) electrons. The predicted octanol–water partition coefficient (Wildman–Crippen LogP) is 1.93. The van der Waals surface area contributed by atoms with E-state index in [4.69, 9.17) is 10.8 Å². The lowest BCUT2D eigenvalue weighted by Crippen LogP contribution is -2.41. The molecule has 0 saturated heterocycles. The molecule has 1 aliphatic heterocycles. The second-order valence-corrected chi connectivity index (χ2v) is 6.85. The number of imidazole rings is 1. The van der Waals surface area contributed by atoms with Crippen LogP contribution in [0.1, 0.15) is 28.8 Å². The van der Waals surface area contributed by atoms with Gasteiger partial charge in [-0.2, -0.15) is 5.10 Å². The molecule has 5 rings (SSSR count). The quantitative estimate of drug-likeness (QED) is 0.524. The molecule has 3 N–H and O–H groups in total. The molecule has 5 heterocycles. The van der Waals surface area contributed by atoms with Gasteiger partial charge in [-0.3, -0.25) is 9.78 Å². The van der Waals surface area contributed by atoms with Gasteiger partial charge in [0.1, 0.15) is 6.04 Å². The van der Waals surface area contributed by atoms with Gasteiger partial charge in [0.25, 0.3) is 5.91 Å². The highest BCUT2D eigenvalue weighted by molar-refractivity contribution is 6.19. The van der Waals surface area contributed by atoms with Gasteiger partial charge < -0.3 is 15.6 Å². The van der Waals surface area contributed by atoms with Gasteiger partial charge in [-0.15, -0.1) is 0 Å². The van der Waals surface area contributed by atoms with Crippen molar-refractivity contribution in [1.82, 2.24) is 29.5 Å². The van der Waals surface area contributed by atoms with Gasteiger partial charge in [-0.05, 0) is 30.3 Å². The largest absolute Gasteiger partial charge is 0.404 e. The summed E-state index contributed by atoms with van der Waals surface area (Å²) in [4.78, 5) is 27.3. The first-order valence-electron chi connectivity index (χ1n) is 9.37. The number of carbonyl (C=O) groups is 1. The number of nitrogens with two attached hydrogens (primary N) is 1. The van der Waals surface area contributed by atoms with Gasteiger partial charge in [-0.1, -0.05) is 12.1 Å². The summed E-state index contributed by atoms with van der Waals surface area (Å²) < 4.78 is 1.80. The van der Waals surface area contributed by atoms with Gasteiger partial charge >= 0.3 is 0 Å². The normalized spacial score (nSPS) is 16.8. The second kappa shape index (κ2) is 6.90. The molecule has 0 saturated carbocycles. The molecule has 8 nitrogen and oxygen atoms in total. The number of amides is 1. The van der Waals surface area contributed by atoms with Crippen LogP contribution in [-0.2, 0) is 11.2 Å². The maximum atomic E-state index is 13.5. The zero-order valence-corrected chi connectivity index (χ0v) is 15.6. The minimum absolute atomic E-state index is 0.193. The first-order valence-corrected chi connectivity index (χ1v) is 9.37. The van der Waals surface area contributed by atoms with Crippen molar-refractivity contribution in [1.29, 1.82) is 0 Å². The van der Waals surface area contributed by atoms with E-state index in [9.17, 15) is 4.79 Å². The maximum Gasteiger partial charge on any atom is 0.258 e. The average molecular weight is 385 g/mol. The van der Waals surface area contributed by atoms with Crippen molar-refractivity contribution < 1.29 is 4.79 Å². The molecule has 1 amide bonds. The molecule has 0 aromatic carbocycles. The van der Waals surface area contributed by atoms with E-state index < -0.39 is 6.04 Å². The first kappa shape index (κ1) is 17.2. The van der Waals surface area contributed by atoms with Crippen molar-refractivity contribution in [2.45, 2.75) is 12.5 Å². The summed E-state index contributed by atoms with van der Waals surface area (Å²) >= 11 is 0. The van der Waals surface area contributed by atoms with Gasteiger partial charge in [0.05, 0.1) is 34.5 Å². The highest BCUT2D eigenvalue weighted by atomic mass is 16.2. The van der Waals surface area contributed by atoms with E-state index >= 15 is 0 Å². The van der Waals surface area contributed by atoms with Crippen LogP contribution in [0.15, 0.2) is 67.4 Å². The lowest BCUT2D eigenvalue weighted by atomic mass is 9.98. The minimum Gasteiger partial charge on any atom is -0.404 e. The van der Waals surface area contributed by atoms with Gasteiger partial charge in [0.15, 0.2) is 0 Å². The number of nitrogens with zero attached hydrogens (tertiary/aromatic N) is 5. The molecular weight excluding hydrogens is 366 g/mol. The average Bonchev–Trinajstić information content (AvgIpc) is 3.41. The van der Waals surface area contributed by atoms with Crippen LogP contribution < -0.4 is 5.73 Å². The summed E-state index contributed by atoms with van der Waals surface area (Å²) in [6.07, 6.45) is 7.21. The molecule has 0 aliphatic carbocycles. The highest BCUT2D eigenvalue weighted by Gasteiger charge is 2.37. The summed E-state index contributed by atoms with van der Waals surface area (Å²) in [6.45, 7) is 0.525. The Bertz CT molecular complexity index is 1170. The lowest BCUT2D eigenvalue weighted by Gasteiger charge is -2.34. The molecular formula is C21H19N7O. The summed E-state index contributed by atoms with van der Waals surface area (Å²) in [6, 6.07) is 12.9. The summed E-state index contributed by atoms with van der Waals surface area (Å²) in [5.41, 5.74) is 10.3. The third kappa shape index (κ3) is 2.85. The molecule has 0 bridgehead atoms. The molecule has 1 aliphatic rings. The summed E-state index contributed by atoms with van der Waals surface area (Å²) in [5, 5.41) is 4.71. The number of nitrogens with one attached hydrogen (secondary N) is 1. The number of rotatable bonds is 3. The number of aromatic nitrogens is 5. The smallest absolute Gasteiger partial charge is 0.258 e. The zero-order valence-electron chi connectivity index (χ0n) is 15.6. The van der Waals surface area contributed by atoms with Crippen molar-refractivity contribution in [2.24, 2.45) is 5.73 Å². The topological polar surface area (TPSA) is 105 Å². The number of hydrogen-bond donors (Lipinski definition) is 2. The molecule has 1 atom stereocenters. The fourth-order valence-electron chi connectivity index (χ4n) is 3.83. The number of pyridine rings is 2. The molecule has 8 heteroatoms. The first-order chi connectivity index (χ1) is 14.3. The van der Waals surface area contributed by atoms with Crippen molar-refractivity contribution in [2.75, 3.05) is 6.54 Å². The van der Waals surface area contributed by atoms with E-state index in [-0.39, 0.29) is 5.91 Å². The van der Waals surface area contributed by atoms with Crippen LogP contribution >= 0.6 is 0 Å². The van der Waals surface area contributed by atoms with Crippen molar-refractivity contribution in [3.05, 3.63) is 90.2 Å². The third-order valence-corrected chi connectivity index (χ3v) is 5.19. The monoisotopic (exact) mass is 385 g/mol. The van der Waals surface area contributed by atoms with Gasteiger partial charge in [-0.25, -0.2) is 9.50 Å². The van der Waals surface area contributed by atoms with E-state index in [0.717, 1.165) is 22.6 Å². The van der Waals surface area contributed by atoms with Crippen molar-refractivity contribution in [3.8, 4) is 0 Å². The fraction of sp³-hybridized carbons (Fsp3) is 0.143. The second-order valence-electron chi connectivity index (χ2n) is 6.85. The molecule has 0 fully saturated rings. The Kier molecular flexibility index (Phi) is 4.09. The number of carbonyl (C=O) groups excluding carboxylic acids is 1. The number of aromatic amines is 1. The van der Waals surface area contributed by atoms with E-state index in [2.05, 4.69) is 15.0 Å². The molecule has 4 aromatic rings. The molecule has 4 aromatic heterocycles. The fourth-order valence-corrected chi connectivity index (χ4v) is 3.83. The summed E-state index contributed by atoms with van der Waals surface area (Å²) in [7, 11) is 0. The standard InChI is InChI=1S/C21H19N7O/c22-12-15(16-6-1-3-8-23-16)21(29)27-10-7-17-19(25-13-24-17)20(27)18-11-14-5-2-4-9-28(14)26-18/h1-6,8-9,11-13,20H,7,10,22H2,(H,24,25)/b15-12+/t20-/m1/s1. The summed E-state index contributed by atoms with van der Waals surface area (Å²) in [5.74, 6) is -0.193. The van der Waals surface area contributed by atoms with Crippen LogP contribution in [0.4, 0.5) is 0 Å². The Hall–Kier alpha value is -3.94. The van der Waals surface area contributed by atoms with E-state index in [1.165, 1.54) is 6.20 Å². The van der Waals surface area contributed by atoms with Crippen LogP contribution in [-0.4, -0.2) is 41.9 Å². The zero-order chi connectivity index (χ0) is 19.8. The highest BCUT2D eigenvalue weighted by Crippen LogP contribution is 2.35. The Morgan fingerprint density at radius 3 is 2.90 bits per heavy atom. The Morgan fingerprint density at radius 2 is 2.10 bits per heavy atom. The maximum absolute atomic E-state index is 13.5. The van der Waals surface area contributed by atoms with Crippen molar-refractivity contribution in [3.63, 3.8) is 0 Å². The Morgan fingerprint density at radius 1 is 1.21 bits per heavy atom. The van der Waals surface area contributed by atoms with Crippen LogP contribution in [0.5, 0.6) is 0 Å².